The standard InChI is InChI=1S/C11H16N4O2/c1-7(2)5-17-10-8-9(12-6-15(8)3)13-11(14-10)16-4/h6-7H,5H2,1-4H3. The number of aromatic nitrogens is 4. The van der Waals surface area contributed by atoms with Gasteiger partial charge in [0.25, 0.3) is 0 Å². The van der Waals surface area contributed by atoms with E-state index in [0.717, 1.165) is 5.52 Å². The molecule has 0 aliphatic carbocycles. The first-order valence-electron chi connectivity index (χ1n) is 5.47. The largest absolute Gasteiger partial charge is 0.476 e. The number of hydrogen-bond donors (Lipinski definition) is 0. The fraction of sp³-hybridized carbons (Fsp3) is 0.545. The molecule has 6 heteroatoms. The lowest BCUT2D eigenvalue weighted by Crippen LogP contribution is -2.08. The number of fused-ring (bicyclic) bond motifs is 1. The van der Waals surface area contributed by atoms with Gasteiger partial charge in [0.15, 0.2) is 11.2 Å². The summed E-state index contributed by atoms with van der Waals surface area (Å²) in [5, 5.41) is 0. The number of ether oxygens (including phenoxy) is 2. The second-order valence-corrected chi connectivity index (χ2v) is 4.25. The van der Waals surface area contributed by atoms with Crippen LogP contribution in [-0.2, 0) is 7.05 Å². The van der Waals surface area contributed by atoms with Crippen molar-refractivity contribution in [3.05, 3.63) is 6.33 Å². The van der Waals surface area contributed by atoms with Gasteiger partial charge in [-0.3, -0.25) is 0 Å². The zero-order valence-corrected chi connectivity index (χ0v) is 10.5. The molecule has 0 aliphatic rings. The maximum atomic E-state index is 5.67. The molecule has 0 aromatic carbocycles. The number of hydrogen-bond acceptors (Lipinski definition) is 5. The fourth-order valence-electron chi connectivity index (χ4n) is 1.44. The Bertz CT molecular complexity index is 521. The Morgan fingerprint density at radius 3 is 2.76 bits per heavy atom. The molecule has 0 unspecified atom stereocenters. The summed E-state index contributed by atoms with van der Waals surface area (Å²) in [6.45, 7) is 4.76. The third-order valence-electron chi connectivity index (χ3n) is 2.26. The smallest absolute Gasteiger partial charge is 0.321 e. The predicted molar refractivity (Wildman–Crippen MR) is 63.2 cm³/mol. The van der Waals surface area contributed by atoms with Crippen molar-refractivity contribution < 1.29 is 9.47 Å². The molecule has 0 amide bonds. The van der Waals surface area contributed by atoms with Crippen molar-refractivity contribution in [3.63, 3.8) is 0 Å². The number of methoxy groups -OCH3 is 1. The molecule has 0 radical (unpaired) electrons. The third kappa shape index (κ3) is 2.30. The molecule has 17 heavy (non-hydrogen) atoms. The van der Waals surface area contributed by atoms with E-state index in [4.69, 9.17) is 9.47 Å². The van der Waals surface area contributed by atoms with E-state index >= 15 is 0 Å². The first-order chi connectivity index (χ1) is 8.11. The summed E-state index contributed by atoms with van der Waals surface area (Å²) in [7, 11) is 3.41. The van der Waals surface area contributed by atoms with Gasteiger partial charge in [-0.25, -0.2) is 4.98 Å². The molecule has 0 spiro atoms. The van der Waals surface area contributed by atoms with Crippen molar-refractivity contribution in [3.8, 4) is 11.9 Å². The van der Waals surface area contributed by atoms with Crippen LogP contribution in [0.2, 0.25) is 0 Å². The molecular weight excluding hydrogens is 220 g/mol. The minimum Gasteiger partial charge on any atom is -0.476 e. The lowest BCUT2D eigenvalue weighted by Gasteiger charge is -2.09. The fourth-order valence-corrected chi connectivity index (χ4v) is 1.44. The number of imidazole rings is 1. The van der Waals surface area contributed by atoms with Gasteiger partial charge in [-0.05, 0) is 5.92 Å². The second kappa shape index (κ2) is 4.57. The third-order valence-corrected chi connectivity index (χ3v) is 2.26. The molecule has 0 saturated carbocycles. The van der Waals surface area contributed by atoms with Crippen LogP contribution in [0, 0.1) is 5.92 Å². The van der Waals surface area contributed by atoms with Gasteiger partial charge in [-0.15, -0.1) is 0 Å². The van der Waals surface area contributed by atoms with Gasteiger partial charge in [0, 0.05) is 7.05 Å². The summed E-state index contributed by atoms with van der Waals surface area (Å²) in [5.41, 5.74) is 1.37. The summed E-state index contributed by atoms with van der Waals surface area (Å²) >= 11 is 0. The van der Waals surface area contributed by atoms with Crippen LogP contribution < -0.4 is 9.47 Å². The summed E-state index contributed by atoms with van der Waals surface area (Å²) in [6.07, 6.45) is 1.68. The summed E-state index contributed by atoms with van der Waals surface area (Å²) in [4.78, 5) is 12.5. The highest BCUT2D eigenvalue weighted by atomic mass is 16.5. The van der Waals surface area contributed by atoms with Crippen LogP contribution in [0.4, 0.5) is 0 Å². The van der Waals surface area contributed by atoms with Gasteiger partial charge in [-0.2, -0.15) is 9.97 Å². The molecular formula is C11H16N4O2. The lowest BCUT2D eigenvalue weighted by atomic mass is 10.2. The molecule has 0 bridgehead atoms. The van der Waals surface area contributed by atoms with Crippen LogP contribution >= 0.6 is 0 Å². The minimum atomic E-state index is 0.273. The van der Waals surface area contributed by atoms with Gasteiger partial charge >= 0.3 is 6.01 Å². The van der Waals surface area contributed by atoms with Gasteiger partial charge in [0.05, 0.1) is 20.0 Å². The molecule has 0 N–H and O–H groups in total. The zero-order chi connectivity index (χ0) is 12.4. The lowest BCUT2D eigenvalue weighted by molar-refractivity contribution is 0.258. The highest BCUT2D eigenvalue weighted by Crippen LogP contribution is 2.23. The molecule has 2 aromatic heterocycles. The average molecular weight is 236 g/mol. The van der Waals surface area contributed by atoms with Gasteiger partial charge in [0.1, 0.15) is 0 Å². The highest BCUT2D eigenvalue weighted by Gasteiger charge is 2.14. The topological polar surface area (TPSA) is 62.1 Å². The van der Waals surface area contributed by atoms with Crippen LogP contribution in [0.1, 0.15) is 13.8 Å². The maximum absolute atomic E-state index is 5.67. The molecule has 92 valence electrons. The molecule has 0 fully saturated rings. The highest BCUT2D eigenvalue weighted by molar-refractivity contribution is 5.76. The van der Waals surface area contributed by atoms with E-state index in [1.807, 2.05) is 11.6 Å². The Labute approximate surface area is 99.6 Å². The quantitative estimate of drug-likeness (QED) is 0.803. The molecule has 2 rings (SSSR count). The van der Waals surface area contributed by atoms with Crippen LogP contribution in [0.25, 0.3) is 11.2 Å². The van der Waals surface area contributed by atoms with Crippen molar-refractivity contribution in [2.45, 2.75) is 13.8 Å². The Morgan fingerprint density at radius 2 is 2.12 bits per heavy atom. The average Bonchev–Trinajstić information content (AvgIpc) is 2.68. The first-order valence-corrected chi connectivity index (χ1v) is 5.47. The Balaban J connectivity index is 2.45. The van der Waals surface area contributed by atoms with Gasteiger partial charge < -0.3 is 14.0 Å². The maximum Gasteiger partial charge on any atom is 0.321 e. The molecule has 6 nitrogen and oxygen atoms in total. The van der Waals surface area contributed by atoms with E-state index in [2.05, 4.69) is 28.8 Å². The molecule has 0 saturated heterocycles. The van der Waals surface area contributed by atoms with E-state index in [1.165, 1.54) is 7.11 Å². The van der Waals surface area contributed by atoms with Crippen LogP contribution in [0.5, 0.6) is 11.9 Å². The van der Waals surface area contributed by atoms with E-state index < -0.39 is 0 Å². The first kappa shape index (κ1) is 11.6. The minimum absolute atomic E-state index is 0.273. The van der Waals surface area contributed by atoms with Crippen molar-refractivity contribution in [1.29, 1.82) is 0 Å². The van der Waals surface area contributed by atoms with Crippen molar-refractivity contribution in [2.75, 3.05) is 13.7 Å². The summed E-state index contributed by atoms with van der Waals surface area (Å²) in [5.74, 6) is 0.944. The number of aryl methyl sites for hydroxylation is 1. The second-order valence-electron chi connectivity index (χ2n) is 4.25. The molecule has 0 atom stereocenters. The number of nitrogens with zero attached hydrogens (tertiary/aromatic N) is 4. The number of rotatable bonds is 4. The Morgan fingerprint density at radius 1 is 1.35 bits per heavy atom. The summed E-state index contributed by atoms with van der Waals surface area (Å²) < 4.78 is 12.5. The van der Waals surface area contributed by atoms with Crippen molar-refractivity contribution >= 4 is 11.2 Å². The van der Waals surface area contributed by atoms with E-state index in [0.29, 0.717) is 24.1 Å². The predicted octanol–water partition coefficient (Wildman–Crippen LogP) is 1.41. The van der Waals surface area contributed by atoms with E-state index in [1.54, 1.807) is 6.33 Å². The van der Waals surface area contributed by atoms with Gasteiger partial charge in [0.2, 0.25) is 5.88 Å². The van der Waals surface area contributed by atoms with Crippen LogP contribution in [0.3, 0.4) is 0 Å². The van der Waals surface area contributed by atoms with Crippen molar-refractivity contribution in [1.82, 2.24) is 19.5 Å². The SMILES string of the molecule is COc1nc(OCC(C)C)c2c(ncn2C)n1. The molecule has 0 aliphatic heterocycles. The Kier molecular flexibility index (Phi) is 3.12. The molecule has 2 heterocycles. The Hall–Kier alpha value is -1.85. The normalized spacial score (nSPS) is 11.1. The van der Waals surface area contributed by atoms with Crippen LogP contribution in [-0.4, -0.2) is 33.2 Å². The van der Waals surface area contributed by atoms with Crippen LogP contribution in [0.15, 0.2) is 6.33 Å². The monoisotopic (exact) mass is 236 g/mol. The zero-order valence-electron chi connectivity index (χ0n) is 10.5. The van der Waals surface area contributed by atoms with E-state index in [9.17, 15) is 0 Å². The van der Waals surface area contributed by atoms with E-state index in [-0.39, 0.29) is 6.01 Å². The van der Waals surface area contributed by atoms with Gasteiger partial charge in [-0.1, -0.05) is 13.8 Å². The van der Waals surface area contributed by atoms with Crippen molar-refractivity contribution in [2.24, 2.45) is 13.0 Å². The summed E-state index contributed by atoms with van der Waals surface area (Å²) in [6, 6.07) is 0.273. The molecule has 2 aromatic rings.